The van der Waals surface area contributed by atoms with Gasteiger partial charge in [-0.15, -0.1) is 11.6 Å². The van der Waals surface area contributed by atoms with E-state index in [1.807, 2.05) is 0 Å². The molecule has 62 valence electrons. The molecule has 3 unspecified atom stereocenters. The predicted octanol–water partition coefficient (Wildman–Crippen LogP) is 1.42. The number of hydrogen-bond acceptors (Lipinski definition) is 2. The van der Waals surface area contributed by atoms with Crippen molar-refractivity contribution in [2.75, 3.05) is 0 Å². The molecule has 2 nitrogen and oxygen atoms in total. The SMILES string of the molecule is S=C1NC2CCC(Cl)CC2O1. The van der Waals surface area contributed by atoms with Crippen molar-refractivity contribution in [1.29, 1.82) is 0 Å². The van der Waals surface area contributed by atoms with E-state index in [1.54, 1.807) is 0 Å². The second-order valence-electron chi connectivity index (χ2n) is 3.10. The molecule has 0 radical (unpaired) electrons. The van der Waals surface area contributed by atoms with E-state index < -0.39 is 0 Å². The lowest BCUT2D eigenvalue weighted by atomic mass is 9.93. The van der Waals surface area contributed by atoms with Crippen LogP contribution < -0.4 is 5.32 Å². The fourth-order valence-electron chi connectivity index (χ4n) is 1.70. The predicted molar refractivity (Wildman–Crippen MR) is 47.9 cm³/mol. The maximum Gasteiger partial charge on any atom is 0.257 e. The number of ether oxygens (including phenoxy) is 1. The molecule has 2 fully saturated rings. The highest BCUT2D eigenvalue weighted by atomic mass is 35.5. The number of thiocarbonyl (C=S) groups is 1. The summed E-state index contributed by atoms with van der Waals surface area (Å²) in [5.41, 5.74) is 0. The number of fused-ring (bicyclic) bond motifs is 1. The molecular weight excluding hydrogens is 182 g/mol. The molecule has 1 N–H and O–H groups in total. The third-order valence-electron chi connectivity index (χ3n) is 2.29. The van der Waals surface area contributed by atoms with E-state index in [-0.39, 0.29) is 11.5 Å². The Morgan fingerprint density at radius 1 is 1.55 bits per heavy atom. The lowest BCUT2D eigenvalue weighted by Crippen LogP contribution is -2.37. The molecule has 0 aromatic carbocycles. The van der Waals surface area contributed by atoms with Gasteiger partial charge in [0.05, 0.1) is 6.04 Å². The smallest absolute Gasteiger partial charge is 0.257 e. The van der Waals surface area contributed by atoms with Gasteiger partial charge in [0.15, 0.2) is 0 Å². The Morgan fingerprint density at radius 3 is 3.18 bits per heavy atom. The van der Waals surface area contributed by atoms with Gasteiger partial charge in [0, 0.05) is 11.8 Å². The van der Waals surface area contributed by atoms with Crippen LogP contribution in [-0.2, 0) is 4.74 Å². The molecule has 1 saturated heterocycles. The molecule has 4 heteroatoms. The first-order valence-electron chi connectivity index (χ1n) is 3.87. The summed E-state index contributed by atoms with van der Waals surface area (Å²) >= 11 is 10.9. The van der Waals surface area contributed by atoms with Crippen molar-refractivity contribution < 1.29 is 4.74 Å². The average molecular weight is 192 g/mol. The largest absolute Gasteiger partial charge is 0.465 e. The minimum Gasteiger partial charge on any atom is -0.465 e. The Balaban J connectivity index is 2.02. The molecule has 0 bridgehead atoms. The molecule has 1 aliphatic carbocycles. The summed E-state index contributed by atoms with van der Waals surface area (Å²) in [6.45, 7) is 0. The van der Waals surface area contributed by atoms with Gasteiger partial charge in [0.2, 0.25) is 0 Å². The van der Waals surface area contributed by atoms with E-state index in [4.69, 9.17) is 28.6 Å². The van der Waals surface area contributed by atoms with Gasteiger partial charge in [0.25, 0.3) is 5.17 Å². The second-order valence-corrected chi connectivity index (χ2v) is 4.09. The lowest BCUT2D eigenvalue weighted by molar-refractivity contribution is 0.164. The van der Waals surface area contributed by atoms with E-state index in [1.165, 1.54) is 0 Å². The van der Waals surface area contributed by atoms with E-state index in [0.29, 0.717) is 11.2 Å². The number of nitrogens with one attached hydrogen (secondary N) is 1. The minimum absolute atomic E-state index is 0.235. The third-order valence-corrected chi connectivity index (χ3v) is 2.90. The van der Waals surface area contributed by atoms with Gasteiger partial charge in [-0.2, -0.15) is 0 Å². The van der Waals surface area contributed by atoms with Crippen molar-refractivity contribution in [3.8, 4) is 0 Å². The van der Waals surface area contributed by atoms with Gasteiger partial charge in [-0.05, 0) is 25.1 Å². The van der Waals surface area contributed by atoms with Crippen LogP contribution in [0.1, 0.15) is 19.3 Å². The maximum atomic E-state index is 5.98. The molecule has 11 heavy (non-hydrogen) atoms. The van der Waals surface area contributed by atoms with Crippen molar-refractivity contribution in [2.45, 2.75) is 36.8 Å². The Morgan fingerprint density at radius 2 is 2.36 bits per heavy atom. The van der Waals surface area contributed by atoms with E-state index in [0.717, 1.165) is 19.3 Å². The molecule has 1 aliphatic heterocycles. The molecule has 1 heterocycles. The van der Waals surface area contributed by atoms with Crippen molar-refractivity contribution in [3.63, 3.8) is 0 Å². The van der Waals surface area contributed by atoms with E-state index >= 15 is 0 Å². The van der Waals surface area contributed by atoms with Crippen LogP contribution in [0.5, 0.6) is 0 Å². The summed E-state index contributed by atoms with van der Waals surface area (Å²) in [4.78, 5) is 0. The summed E-state index contributed by atoms with van der Waals surface area (Å²) in [5, 5.41) is 3.95. The summed E-state index contributed by atoms with van der Waals surface area (Å²) < 4.78 is 5.37. The quantitative estimate of drug-likeness (QED) is 0.462. The van der Waals surface area contributed by atoms with Crippen LogP contribution in [0.25, 0.3) is 0 Å². The molecule has 0 aromatic rings. The van der Waals surface area contributed by atoms with Gasteiger partial charge in [0.1, 0.15) is 6.10 Å². The number of alkyl halides is 1. The Kier molecular flexibility index (Phi) is 1.93. The average Bonchev–Trinajstić information content (AvgIpc) is 2.27. The highest BCUT2D eigenvalue weighted by molar-refractivity contribution is 7.80. The van der Waals surface area contributed by atoms with Gasteiger partial charge in [-0.25, -0.2) is 0 Å². The molecular formula is C7H10ClNOS. The highest BCUT2D eigenvalue weighted by Crippen LogP contribution is 2.28. The van der Waals surface area contributed by atoms with Crippen molar-refractivity contribution in [1.82, 2.24) is 5.32 Å². The van der Waals surface area contributed by atoms with Crippen molar-refractivity contribution >= 4 is 29.0 Å². The summed E-state index contributed by atoms with van der Waals surface area (Å²) in [7, 11) is 0. The summed E-state index contributed by atoms with van der Waals surface area (Å²) in [6.07, 6.45) is 3.32. The molecule has 2 rings (SSSR count). The van der Waals surface area contributed by atoms with Gasteiger partial charge in [-0.3, -0.25) is 0 Å². The Hall–Kier alpha value is -0.0200. The number of rotatable bonds is 0. The van der Waals surface area contributed by atoms with Gasteiger partial charge in [-0.1, -0.05) is 0 Å². The van der Waals surface area contributed by atoms with Gasteiger partial charge < -0.3 is 10.1 Å². The van der Waals surface area contributed by atoms with Crippen molar-refractivity contribution in [3.05, 3.63) is 0 Å². The fraction of sp³-hybridized carbons (Fsp3) is 0.857. The van der Waals surface area contributed by atoms with Crippen molar-refractivity contribution in [2.24, 2.45) is 0 Å². The van der Waals surface area contributed by atoms with Crippen LogP contribution in [0.15, 0.2) is 0 Å². The molecule has 1 saturated carbocycles. The van der Waals surface area contributed by atoms with Crippen LogP contribution in [0.2, 0.25) is 0 Å². The minimum atomic E-state index is 0.235. The Labute approximate surface area is 76.2 Å². The molecule has 2 aliphatic rings. The van der Waals surface area contributed by atoms with Crippen LogP contribution in [0.4, 0.5) is 0 Å². The highest BCUT2D eigenvalue weighted by Gasteiger charge is 2.36. The summed E-state index contributed by atoms with van der Waals surface area (Å²) in [5.74, 6) is 0. The molecule has 0 spiro atoms. The lowest BCUT2D eigenvalue weighted by Gasteiger charge is -2.25. The number of halogens is 1. The molecule has 3 atom stereocenters. The number of hydrogen-bond donors (Lipinski definition) is 1. The maximum absolute atomic E-state index is 5.98. The standard InChI is InChI=1S/C7H10ClNOS/c8-4-1-2-5-6(3-4)10-7(11)9-5/h4-6H,1-3H2,(H,9,11). The monoisotopic (exact) mass is 191 g/mol. The van der Waals surface area contributed by atoms with Crippen LogP contribution in [0, 0.1) is 0 Å². The molecule has 0 amide bonds. The first-order chi connectivity index (χ1) is 5.25. The van der Waals surface area contributed by atoms with Crippen LogP contribution in [-0.4, -0.2) is 22.7 Å². The molecule has 0 aromatic heterocycles. The summed E-state index contributed by atoms with van der Waals surface area (Å²) in [6, 6.07) is 0.428. The second kappa shape index (κ2) is 2.79. The van der Waals surface area contributed by atoms with E-state index in [2.05, 4.69) is 5.32 Å². The normalized spacial score (nSPS) is 42.6. The Bertz CT molecular complexity index is 187. The first kappa shape index (κ1) is 7.62. The zero-order valence-electron chi connectivity index (χ0n) is 6.05. The van der Waals surface area contributed by atoms with Gasteiger partial charge >= 0.3 is 0 Å². The zero-order chi connectivity index (χ0) is 7.84. The third kappa shape index (κ3) is 1.44. The topological polar surface area (TPSA) is 21.3 Å². The first-order valence-corrected chi connectivity index (χ1v) is 4.71. The zero-order valence-corrected chi connectivity index (χ0v) is 7.62. The fourth-order valence-corrected chi connectivity index (χ4v) is 2.28. The van der Waals surface area contributed by atoms with E-state index in [9.17, 15) is 0 Å². The van der Waals surface area contributed by atoms with Crippen LogP contribution in [0.3, 0.4) is 0 Å². The van der Waals surface area contributed by atoms with Crippen LogP contribution >= 0.6 is 23.8 Å².